The summed E-state index contributed by atoms with van der Waals surface area (Å²) in [6.07, 6.45) is 4.70. The van der Waals surface area contributed by atoms with Gasteiger partial charge < -0.3 is 15.4 Å². The number of hydrogen-bond acceptors (Lipinski definition) is 3. The molecule has 1 rings (SSSR count). The first-order valence-electron chi connectivity index (χ1n) is 6.36. The third-order valence-electron chi connectivity index (χ3n) is 2.38. The Morgan fingerprint density at radius 2 is 2.22 bits per heavy atom. The molecule has 6 heteroatoms. The van der Waals surface area contributed by atoms with Crippen molar-refractivity contribution in [3.8, 4) is 0 Å². The first kappa shape index (κ1) is 14.5. The summed E-state index contributed by atoms with van der Waals surface area (Å²) in [6.45, 7) is 6.05. The van der Waals surface area contributed by atoms with E-state index in [1.807, 2.05) is 23.9 Å². The maximum atomic E-state index is 5.27. The van der Waals surface area contributed by atoms with Gasteiger partial charge in [-0.3, -0.25) is 9.67 Å². The van der Waals surface area contributed by atoms with Crippen LogP contribution >= 0.6 is 0 Å². The zero-order valence-corrected chi connectivity index (χ0v) is 11.2. The summed E-state index contributed by atoms with van der Waals surface area (Å²) in [5.41, 5.74) is 0. The number of hydrogen-bond donors (Lipinski definition) is 2. The van der Waals surface area contributed by atoms with Gasteiger partial charge in [0.15, 0.2) is 5.96 Å². The Kier molecular flexibility index (Phi) is 7.63. The van der Waals surface area contributed by atoms with Gasteiger partial charge in [0, 0.05) is 45.7 Å². The minimum Gasteiger partial charge on any atom is -0.382 e. The molecule has 1 aromatic heterocycles. The molecule has 6 nitrogen and oxygen atoms in total. The molecule has 0 aromatic carbocycles. The third kappa shape index (κ3) is 6.24. The maximum absolute atomic E-state index is 5.27. The molecule has 0 unspecified atom stereocenters. The fourth-order valence-corrected chi connectivity index (χ4v) is 1.47. The van der Waals surface area contributed by atoms with Crippen LogP contribution in [0.15, 0.2) is 23.5 Å². The molecule has 0 aliphatic carbocycles. The summed E-state index contributed by atoms with van der Waals surface area (Å²) in [4.78, 5) is 4.15. The second-order valence-corrected chi connectivity index (χ2v) is 3.75. The van der Waals surface area contributed by atoms with Gasteiger partial charge in [0.1, 0.15) is 0 Å². The van der Waals surface area contributed by atoms with E-state index in [9.17, 15) is 0 Å². The lowest BCUT2D eigenvalue weighted by atomic mass is 10.4. The fourth-order valence-electron chi connectivity index (χ4n) is 1.47. The van der Waals surface area contributed by atoms with Crippen molar-refractivity contribution in [2.45, 2.75) is 19.9 Å². The number of nitrogens with zero attached hydrogens (tertiary/aromatic N) is 3. The van der Waals surface area contributed by atoms with Crippen molar-refractivity contribution >= 4 is 5.96 Å². The summed E-state index contributed by atoms with van der Waals surface area (Å²) in [5.74, 6) is 0.818. The Morgan fingerprint density at radius 3 is 2.89 bits per heavy atom. The largest absolute Gasteiger partial charge is 0.382 e. The van der Waals surface area contributed by atoms with Crippen LogP contribution in [-0.4, -0.2) is 49.1 Å². The zero-order chi connectivity index (χ0) is 13.1. The number of nitrogens with one attached hydrogen (secondary N) is 2. The predicted octanol–water partition coefficient (Wildman–Crippen LogP) is 0.475. The molecule has 1 aromatic rings. The van der Waals surface area contributed by atoms with Gasteiger partial charge in [-0.2, -0.15) is 5.10 Å². The number of guanidine groups is 1. The highest BCUT2D eigenvalue weighted by Gasteiger charge is 1.96. The Labute approximate surface area is 108 Å². The number of rotatable bonds is 8. The van der Waals surface area contributed by atoms with E-state index in [0.29, 0.717) is 0 Å². The molecule has 102 valence electrons. The van der Waals surface area contributed by atoms with Crippen molar-refractivity contribution in [1.82, 2.24) is 20.4 Å². The van der Waals surface area contributed by atoms with E-state index in [4.69, 9.17) is 4.74 Å². The van der Waals surface area contributed by atoms with E-state index < -0.39 is 0 Å². The van der Waals surface area contributed by atoms with Crippen LogP contribution in [0.4, 0.5) is 0 Å². The highest BCUT2D eigenvalue weighted by Crippen LogP contribution is 1.83. The van der Waals surface area contributed by atoms with Gasteiger partial charge in [-0.05, 0) is 19.4 Å². The van der Waals surface area contributed by atoms with Crippen LogP contribution in [0.5, 0.6) is 0 Å². The zero-order valence-electron chi connectivity index (χ0n) is 11.2. The molecule has 0 spiro atoms. The Balaban J connectivity index is 2.06. The Hall–Kier alpha value is -1.56. The van der Waals surface area contributed by atoms with Crippen LogP contribution in [-0.2, 0) is 11.3 Å². The minimum absolute atomic E-state index is 0.775. The van der Waals surface area contributed by atoms with Crippen LogP contribution < -0.4 is 10.6 Å². The van der Waals surface area contributed by atoms with Gasteiger partial charge in [0.2, 0.25) is 0 Å². The Morgan fingerprint density at radius 1 is 1.39 bits per heavy atom. The molecule has 0 bridgehead atoms. The lowest BCUT2D eigenvalue weighted by Crippen LogP contribution is -2.39. The van der Waals surface area contributed by atoms with Crippen molar-refractivity contribution in [1.29, 1.82) is 0 Å². The maximum Gasteiger partial charge on any atom is 0.191 e. The summed E-state index contributed by atoms with van der Waals surface area (Å²) >= 11 is 0. The van der Waals surface area contributed by atoms with Crippen LogP contribution in [0.1, 0.15) is 13.3 Å². The molecule has 18 heavy (non-hydrogen) atoms. The van der Waals surface area contributed by atoms with Crippen molar-refractivity contribution in [2.75, 3.05) is 33.4 Å². The third-order valence-corrected chi connectivity index (χ3v) is 2.38. The average molecular weight is 253 g/mol. The first-order valence-corrected chi connectivity index (χ1v) is 6.36. The van der Waals surface area contributed by atoms with E-state index in [2.05, 4.69) is 20.7 Å². The van der Waals surface area contributed by atoms with Gasteiger partial charge >= 0.3 is 0 Å². The molecule has 0 aliphatic heterocycles. The van der Waals surface area contributed by atoms with Crippen molar-refractivity contribution in [3.63, 3.8) is 0 Å². The molecule has 0 aliphatic rings. The van der Waals surface area contributed by atoms with E-state index in [0.717, 1.165) is 45.2 Å². The van der Waals surface area contributed by atoms with Gasteiger partial charge in [-0.25, -0.2) is 0 Å². The topological polar surface area (TPSA) is 63.5 Å². The minimum atomic E-state index is 0.775. The lowest BCUT2D eigenvalue weighted by molar-refractivity contribution is 0.145. The highest BCUT2D eigenvalue weighted by molar-refractivity contribution is 5.79. The molecular weight excluding hydrogens is 230 g/mol. The summed E-state index contributed by atoms with van der Waals surface area (Å²) in [7, 11) is 1.77. The molecule has 0 amide bonds. The van der Waals surface area contributed by atoms with Gasteiger partial charge in [-0.1, -0.05) is 0 Å². The summed E-state index contributed by atoms with van der Waals surface area (Å²) in [5, 5.41) is 10.6. The standard InChI is InChI=1S/C12H23N5O/c1-3-18-11-5-6-14-12(13-2)15-8-10-17-9-4-7-16-17/h4,7,9H,3,5-6,8,10-11H2,1-2H3,(H2,13,14,15). The van der Waals surface area contributed by atoms with Crippen molar-refractivity contribution in [2.24, 2.45) is 4.99 Å². The molecule has 0 fully saturated rings. The molecule has 0 saturated carbocycles. The number of ether oxygens (including phenoxy) is 1. The lowest BCUT2D eigenvalue weighted by Gasteiger charge is -2.11. The number of aromatic nitrogens is 2. The van der Waals surface area contributed by atoms with Gasteiger partial charge in [0.25, 0.3) is 0 Å². The van der Waals surface area contributed by atoms with E-state index >= 15 is 0 Å². The van der Waals surface area contributed by atoms with Crippen molar-refractivity contribution < 1.29 is 4.74 Å². The second-order valence-electron chi connectivity index (χ2n) is 3.75. The second kappa shape index (κ2) is 9.47. The van der Waals surface area contributed by atoms with Crippen LogP contribution in [0.3, 0.4) is 0 Å². The predicted molar refractivity (Wildman–Crippen MR) is 72.7 cm³/mol. The highest BCUT2D eigenvalue weighted by atomic mass is 16.5. The van der Waals surface area contributed by atoms with Gasteiger partial charge in [0.05, 0.1) is 6.54 Å². The molecule has 2 N–H and O–H groups in total. The van der Waals surface area contributed by atoms with E-state index in [1.54, 1.807) is 13.2 Å². The SMILES string of the molecule is CCOCCCNC(=NC)NCCn1cccn1. The molecule has 0 atom stereocenters. The number of aliphatic imine (C=N–C) groups is 1. The average Bonchev–Trinajstić information content (AvgIpc) is 2.89. The fraction of sp³-hybridized carbons (Fsp3) is 0.667. The van der Waals surface area contributed by atoms with Crippen LogP contribution in [0.25, 0.3) is 0 Å². The first-order chi connectivity index (χ1) is 8.86. The quantitative estimate of drug-likeness (QED) is 0.402. The summed E-state index contributed by atoms with van der Waals surface area (Å²) in [6, 6.07) is 1.92. The van der Waals surface area contributed by atoms with E-state index in [1.165, 1.54) is 0 Å². The Bertz CT molecular complexity index is 323. The van der Waals surface area contributed by atoms with Crippen LogP contribution in [0.2, 0.25) is 0 Å². The monoisotopic (exact) mass is 253 g/mol. The molecule has 0 saturated heterocycles. The van der Waals surface area contributed by atoms with Gasteiger partial charge in [-0.15, -0.1) is 0 Å². The molecule has 1 heterocycles. The smallest absolute Gasteiger partial charge is 0.191 e. The molecular formula is C12H23N5O. The normalized spacial score (nSPS) is 11.6. The summed E-state index contributed by atoms with van der Waals surface area (Å²) < 4.78 is 7.15. The van der Waals surface area contributed by atoms with Crippen LogP contribution in [0, 0.1) is 0 Å². The van der Waals surface area contributed by atoms with Crippen molar-refractivity contribution in [3.05, 3.63) is 18.5 Å². The van der Waals surface area contributed by atoms with E-state index in [-0.39, 0.29) is 0 Å². The molecule has 0 radical (unpaired) electrons.